The van der Waals surface area contributed by atoms with Crippen molar-refractivity contribution in [1.29, 1.82) is 0 Å². The van der Waals surface area contributed by atoms with Crippen molar-refractivity contribution in [2.45, 2.75) is 6.54 Å². The summed E-state index contributed by atoms with van der Waals surface area (Å²) in [4.78, 5) is 2.41. The van der Waals surface area contributed by atoms with Crippen molar-refractivity contribution in [3.8, 4) is 5.69 Å². The van der Waals surface area contributed by atoms with Gasteiger partial charge in [-0.1, -0.05) is 17.7 Å². The molecule has 1 saturated heterocycles. The molecule has 0 spiro atoms. The minimum atomic E-state index is 0.605. The van der Waals surface area contributed by atoms with Gasteiger partial charge in [-0.05, 0) is 30.4 Å². The highest BCUT2D eigenvalue weighted by atomic mass is 35.5. The molecule has 2 aromatic rings. The van der Waals surface area contributed by atoms with E-state index in [1.54, 1.807) is 0 Å². The lowest BCUT2D eigenvalue weighted by atomic mass is 10.3. The van der Waals surface area contributed by atoms with Gasteiger partial charge in [-0.25, -0.2) is 0 Å². The molecular formula is C13H15ClN4S2. The molecule has 2 heterocycles. The van der Waals surface area contributed by atoms with Crippen molar-refractivity contribution in [3.05, 3.63) is 39.9 Å². The van der Waals surface area contributed by atoms with Crippen LogP contribution >= 0.6 is 35.6 Å². The van der Waals surface area contributed by atoms with Gasteiger partial charge in [0.25, 0.3) is 0 Å². The first-order valence-electron chi connectivity index (χ1n) is 6.46. The lowest BCUT2D eigenvalue weighted by Gasteiger charge is -2.25. The number of aromatic nitrogens is 3. The van der Waals surface area contributed by atoms with Crippen molar-refractivity contribution in [1.82, 2.24) is 19.7 Å². The Kier molecular flexibility index (Phi) is 4.45. The van der Waals surface area contributed by atoms with Crippen molar-refractivity contribution in [2.75, 3.05) is 24.6 Å². The summed E-state index contributed by atoms with van der Waals surface area (Å²) in [5.74, 6) is 3.30. The lowest BCUT2D eigenvalue weighted by molar-refractivity contribution is 0.285. The van der Waals surface area contributed by atoms with Gasteiger partial charge in [-0.15, -0.1) is 0 Å². The highest BCUT2D eigenvalue weighted by Crippen LogP contribution is 2.18. The van der Waals surface area contributed by atoms with Gasteiger partial charge >= 0.3 is 0 Å². The number of hydrogen-bond acceptors (Lipinski definition) is 4. The molecule has 0 atom stereocenters. The van der Waals surface area contributed by atoms with Crippen LogP contribution in [0.4, 0.5) is 0 Å². The van der Waals surface area contributed by atoms with Crippen LogP contribution in [0, 0.1) is 4.77 Å². The number of nitrogens with one attached hydrogen (secondary N) is 1. The molecule has 1 aliphatic heterocycles. The zero-order chi connectivity index (χ0) is 13.9. The number of benzene rings is 1. The zero-order valence-corrected chi connectivity index (χ0v) is 13.3. The molecule has 7 heteroatoms. The van der Waals surface area contributed by atoms with Crippen LogP contribution in [0.25, 0.3) is 5.69 Å². The molecule has 0 bridgehead atoms. The van der Waals surface area contributed by atoms with Gasteiger partial charge in [-0.2, -0.15) is 16.9 Å². The molecular weight excluding hydrogens is 312 g/mol. The smallest absolute Gasteiger partial charge is 0.199 e. The fraction of sp³-hybridized carbons (Fsp3) is 0.385. The molecule has 0 amide bonds. The summed E-state index contributed by atoms with van der Waals surface area (Å²) in [5, 5.41) is 7.96. The van der Waals surface area contributed by atoms with Crippen LogP contribution in [-0.2, 0) is 6.54 Å². The third-order valence-electron chi connectivity index (χ3n) is 3.28. The zero-order valence-electron chi connectivity index (χ0n) is 10.9. The van der Waals surface area contributed by atoms with Crippen molar-refractivity contribution in [3.63, 3.8) is 0 Å². The fourth-order valence-corrected chi connectivity index (χ4v) is 3.70. The molecule has 1 aromatic heterocycles. The second-order valence-electron chi connectivity index (χ2n) is 4.65. The van der Waals surface area contributed by atoms with E-state index < -0.39 is 0 Å². The molecule has 4 nitrogen and oxygen atoms in total. The predicted octanol–water partition coefficient (Wildman–Crippen LogP) is 3.13. The second kappa shape index (κ2) is 6.30. The van der Waals surface area contributed by atoms with E-state index in [0.29, 0.717) is 9.79 Å². The maximum Gasteiger partial charge on any atom is 0.199 e. The highest BCUT2D eigenvalue weighted by molar-refractivity contribution is 7.99. The average Bonchev–Trinajstić information content (AvgIpc) is 2.81. The normalized spacial score (nSPS) is 16.4. The number of H-pyrrole nitrogens is 1. The van der Waals surface area contributed by atoms with Gasteiger partial charge in [0.05, 0.1) is 12.2 Å². The molecule has 106 valence electrons. The van der Waals surface area contributed by atoms with Gasteiger partial charge in [0.15, 0.2) is 4.77 Å². The van der Waals surface area contributed by atoms with E-state index in [9.17, 15) is 0 Å². The summed E-state index contributed by atoms with van der Waals surface area (Å²) < 4.78 is 2.57. The molecule has 1 aliphatic rings. The third kappa shape index (κ3) is 3.09. The van der Waals surface area contributed by atoms with Gasteiger partial charge in [0.1, 0.15) is 5.82 Å². The van der Waals surface area contributed by atoms with Crippen molar-refractivity contribution >= 4 is 35.6 Å². The molecule has 3 rings (SSSR count). The minimum absolute atomic E-state index is 0.605. The lowest BCUT2D eigenvalue weighted by Crippen LogP contribution is -2.33. The Morgan fingerprint density at radius 2 is 2.15 bits per heavy atom. The second-order valence-corrected chi connectivity index (χ2v) is 6.70. The summed E-state index contributed by atoms with van der Waals surface area (Å²) in [6, 6.07) is 7.68. The van der Waals surface area contributed by atoms with E-state index in [1.807, 2.05) is 40.6 Å². The van der Waals surface area contributed by atoms with Crippen molar-refractivity contribution in [2.24, 2.45) is 0 Å². The molecule has 1 fully saturated rings. The first-order chi connectivity index (χ1) is 9.74. The summed E-state index contributed by atoms with van der Waals surface area (Å²) in [6.45, 7) is 3.00. The van der Waals surface area contributed by atoms with E-state index in [2.05, 4.69) is 15.1 Å². The van der Waals surface area contributed by atoms with Crippen LogP contribution < -0.4 is 0 Å². The summed E-state index contributed by atoms with van der Waals surface area (Å²) in [6.07, 6.45) is 0. The minimum Gasteiger partial charge on any atom is -0.294 e. The number of nitrogens with zero attached hydrogens (tertiary/aromatic N) is 3. The Labute approximate surface area is 132 Å². The molecule has 1 aromatic carbocycles. The highest BCUT2D eigenvalue weighted by Gasteiger charge is 2.15. The Morgan fingerprint density at radius 3 is 2.90 bits per heavy atom. The fourth-order valence-electron chi connectivity index (χ4n) is 2.28. The summed E-state index contributed by atoms with van der Waals surface area (Å²) in [5.41, 5.74) is 0.956. The number of aromatic amines is 1. The van der Waals surface area contributed by atoms with E-state index in [-0.39, 0.29) is 0 Å². The number of thioether (sulfide) groups is 1. The standard InChI is InChI=1S/C13H15ClN4S2/c14-10-2-1-3-11(8-10)18-12(15-16-13(18)19)9-17-4-6-20-7-5-17/h1-3,8H,4-7,9H2,(H,16,19). The maximum absolute atomic E-state index is 6.07. The van der Waals surface area contributed by atoms with Crippen molar-refractivity contribution < 1.29 is 0 Å². The van der Waals surface area contributed by atoms with Gasteiger partial charge in [0.2, 0.25) is 0 Å². The molecule has 0 radical (unpaired) electrons. The molecule has 0 aliphatic carbocycles. The Balaban J connectivity index is 1.91. The van der Waals surface area contributed by atoms with Crippen LogP contribution in [0.1, 0.15) is 5.82 Å². The van der Waals surface area contributed by atoms with Gasteiger partial charge in [-0.3, -0.25) is 14.6 Å². The van der Waals surface area contributed by atoms with E-state index >= 15 is 0 Å². The van der Waals surface area contributed by atoms with E-state index in [4.69, 9.17) is 23.8 Å². The summed E-state index contributed by atoms with van der Waals surface area (Å²) in [7, 11) is 0. The molecule has 1 N–H and O–H groups in total. The van der Waals surface area contributed by atoms with Gasteiger partial charge in [0, 0.05) is 29.6 Å². The Bertz CT molecular complexity index is 646. The quantitative estimate of drug-likeness (QED) is 0.879. The van der Waals surface area contributed by atoms with Crippen LogP contribution in [0.3, 0.4) is 0 Å². The van der Waals surface area contributed by atoms with Crippen LogP contribution in [0.15, 0.2) is 24.3 Å². The molecule has 20 heavy (non-hydrogen) atoms. The number of rotatable bonds is 3. The topological polar surface area (TPSA) is 36.9 Å². The number of halogens is 1. The first kappa shape index (κ1) is 14.1. The monoisotopic (exact) mass is 326 g/mol. The van der Waals surface area contributed by atoms with Gasteiger partial charge < -0.3 is 0 Å². The number of hydrogen-bond donors (Lipinski definition) is 1. The van der Waals surface area contributed by atoms with E-state index in [0.717, 1.165) is 31.1 Å². The average molecular weight is 327 g/mol. The maximum atomic E-state index is 6.07. The first-order valence-corrected chi connectivity index (χ1v) is 8.40. The van der Waals surface area contributed by atoms with Crippen LogP contribution in [0.2, 0.25) is 5.02 Å². The third-order valence-corrected chi connectivity index (χ3v) is 4.73. The molecule has 0 saturated carbocycles. The van der Waals surface area contributed by atoms with Crippen LogP contribution in [0.5, 0.6) is 0 Å². The van der Waals surface area contributed by atoms with E-state index in [1.165, 1.54) is 11.5 Å². The largest absolute Gasteiger partial charge is 0.294 e. The molecule has 0 unspecified atom stereocenters. The Hall–Kier alpha value is -0.820. The Morgan fingerprint density at radius 1 is 1.35 bits per heavy atom. The van der Waals surface area contributed by atoms with Crippen LogP contribution in [-0.4, -0.2) is 44.3 Å². The SMILES string of the molecule is S=c1[nH]nc(CN2CCSCC2)n1-c1cccc(Cl)c1. The summed E-state index contributed by atoms with van der Waals surface area (Å²) >= 11 is 13.4. The predicted molar refractivity (Wildman–Crippen MR) is 86.4 cm³/mol.